The Hall–Kier alpha value is -4.12. The molecule has 0 unspecified atom stereocenters. The van der Waals surface area contributed by atoms with Crippen molar-refractivity contribution in [1.82, 2.24) is 9.78 Å². The van der Waals surface area contributed by atoms with Gasteiger partial charge in [-0.15, -0.1) is 11.3 Å². The monoisotopic (exact) mass is 485 g/mol. The molecule has 4 aromatic rings. The number of benzene rings is 2. The lowest BCUT2D eigenvalue weighted by molar-refractivity contribution is 0.0520. The number of hydrogen-bond acceptors (Lipinski definition) is 7. The van der Waals surface area contributed by atoms with Crippen LogP contribution in [-0.4, -0.2) is 35.4 Å². The van der Waals surface area contributed by atoms with Crippen molar-refractivity contribution in [3.63, 3.8) is 0 Å². The number of carbonyl (C=O) groups excluding carboxylic acids is 2. The van der Waals surface area contributed by atoms with Gasteiger partial charge in [-0.3, -0.25) is 9.59 Å². The molecule has 2 heterocycles. The summed E-state index contributed by atoms with van der Waals surface area (Å²) in [6.07, 6.45) is 0. The Morgan fingerprint density at radius 1 is 1.12 bits per heavy atom. The number of thiophene rings is 1. The van der Waals surface area contributed by atoms with Crippen molar-refractivity contribution >= 4 is 39.0 Å². The number of halogens is 2. The van der Waals surface area contributed by atoms with Crippen LogP contribution in [0.3, 0.4) is 0 Å². The molecule has 8 nitrogen and oxygen atoms in total. The van der Waals surface area contributed by atoms with E-state index >= 15 is 0 Å². The quantitative estimate of drug-likeness (QED) is 0.412. The van der Waals surface area contributed by atoms with Crippen LogP contribution in [0, 0.1) is 11.6 Å². The van der Waals surface area contributed by atoms with Crippen molar-refractivity contribution in [1.29, 1.82) is 0 Å². The molecule has 0 saturated heterocycles. The molecule has 34 heavy (non-hydrogen) atoms. The summed E-state index contributed by atoms with van der Waals surface area (Å²) in [7, 11) is 1.49. The predicted molar refractivity (Wildman–Crippen MR) is 122 cm³/mol. The summed E-state index contributed by atoms with van der Waals surface area (Å²) in [6, 6.07) is 9.37. The van der Waals surface area contributed by atoms with Gasteiger partial charge < -0.3 is 14.8 Å². The second-order valence-corrected chi connectivity index (χ2v) is 7.77. The van der Waals surface area contributed by atoms with Gasteiger partial charge in [0.2, 0.25) is 0 Å². The fourth-order valence-electron chi connectivity index (χ4n) is 3.27. The first-order valence-electron chi connectivity index (χ1n) is 9.97. The van der Waals surface area contributed by atoms with Gasteiger partial charge in [0.15, 0.2) is 5.69 Å². The van der Waals surface area contributed by atoms with Crippen molar-refractivity contribution in [2.24, 2.45) is 0 Å². The summed E-state index contributed by atoms with van der Waals surface area (Å²) < 4.78 is 39.3. The van der Waals surface area contributed by atoms with Crippen LogP contribution in [0.4, 0.5) is 13.8 Å². The van der Waals surface area contributed by atoms with E-state index in [1.165, 1.54) is 12.5 Å². The maximum atomic E-state index is 14.1. The summed E-state index contributed by atoms with van der Waals surface area (Å²) in [5.41, 5.74) is -1.28. The molecule has 0 fully saturated rings. The molecule has 0 atom stereocenters. The van der Waals surface area contributed by atoms with Crippen LogP contribution < -0.4 is 15.6 Å². The summed E-state index contributed by atoms with van der Waals surface area (Å²) in [4.78, 5) is 38.6. The molecule has 0 saturated carbocycles. The van der Waals surface area contributed by atoms with E-state index in [0.29, 0.717) is 11.4 Å². The van der Waals surface area contributed by atoms with Gasteiger partial charge in [-0.25, -0.2) is 13.6 Å². The molecule has 2 aromatic carbocycles. The average Bonchev–Trinajstić information content (AvgIpc) is 3.23. The van der Waals surface area contributed by atoms with E-state index in [1.54, 1.807) is 31.2 Å². The SMILES string of the molecule is CCOC(=O)c1nn(-c2ccc(OC)cc2)c(=O)c2c(NC(=O)c3c(F)cccc3F)scc12. The molecule has 0 aliphatic heterocycles. The lowest BCUT2D eigenvalue weighted by Crippen LogP contribution is -2.25. The molecule has 11 heteroatoms. The average molecular weight is 485 g/mol. The van der Waals surface area contributed by atoms with E-state index in [2.05, 4.69) is 10.4 Å². The maximum Gasteiger partial charge on any atom is 0.359 e. The molecule has 1 amide bonds. The van der Waals surface area contributed by atoms with E-state index < -0.39 is 34.6 Å². The Balaban J connectivity index is 1.89. The van der Waals surface area contributed by atoms with Crippen LogP contribution in [0.15, 0.2) is 52.6 Å². The maximum absolute atomic E-state index is 14.1. The number of anilines is 1. The Labute approximate surface area is 195 Å². The topological polar surface area (TPSA) is 99.5 Å². The lowest BCUT2D eigenvalue weighted by Gasteiger charge is -2.10. The molecule has 0 aliphatic carbocycles. The summed E-state index contributed by atoms with van der Waals surface area (Å²) >= 11 is 0.913. The number of nitrogens with one attached hydrogen (secondary N) is 1. The minimum atomic E-state index is -1.08. The highest BCUT2D eigenvalue weighted by Crippen LogP contribution is 2.31. The van der Waals surface area contributed by atoms with E-state index in [0.717, 1.165) is 34.2 Å². The van der Waals surface area contributed by atoms with Gasteiger partial charge in [-0.1, -0.05) is 6.07 Å². The van der Waals surface area contributed by atoms with Crippen LogP contribution in [0.2, 0.25) is 0 Å². The third-order valence-electron chi connectivity index (χ3n) is 4.86. The van der Waals surface area contributed by atoms with Gasteiger partial charge in [-0.2, -0.15) is 9.78 Å². The highest BCUT2D eigenvalue weighted by Gasteiger charge is 2.25. The lowest BCUT2D eigenvalue weighted by atomic mass is 10.1. The smallest absolute Gasteiger partial charge is 0.359 e. The normalized spacial score (nSPS) is 10.8. The molecule has 1 N–H and O–H groups in total. The van der Waals surface area contributed by atoms with Crippen LogP contribution in [0.25, 0.3) is 16.5 Å². The number of rotatable bonds is 6. The van der Waals surface area contributed by atoms with Gasteiger partial charge in [0, 0.05) is 10.8 Å². The molecule has 0 spiro atoms. The van der Waals surface area contributed by atoms with E-state index in [4.69, 9.17) is 9.47 Å². The third kappa shape index (κ3) is 4.13. The second-order valence-electron chi connectivity index (χ2n) is 6.89. The van der Waals surface area contributed by atoms with Gasteiger partial charge in [0.1, 0.15) is 27.9 Å². The standard InChI is InChI=1S/C23H17F2N3O5S/c1-3-33-23(31)19-14-11-34-21(26-20(29)18-15(24)5-4-6-16(18)25)17(14)22(30)28(27-19)12-7-9-13(32-2)10-8-12/h4-11H,3H2,1-2H3,(H,26,29). The van der Waals surface area contributed by atoms with E-state index in [9.17, 15) is 23.2 Å². The first-order chi connectivity index (χ1) is 16.3. The van der Waals surface area contributed by atoms with Crippen molar-refractivity contribution in [2.45, 2.75) is 6.92 Å². The molecular weight excluding hydrogens is 468 g/mol. The van der Waals surface area contributed by atoms with E-state index in [1.807, 2.05) is 0 Å². The summed E-state index contributed by atoms with van der Waals surface area (Å²) in [5.74, 6) is -3.42. The van der Waals surface area contributed by atoms with Crippen LogP contribution >= 0.6 is 11.3 Å². The van der Waals surface area contributed by atoms with Crippen LogP contribution in [-0.2, 0) is 4.74 Å². The first-order valence-corrected chi connectivity index (χ1v) is 10.8. The minimum Gasteiger partial charge on any atom is -0.497 e. The Bertz CT molecular complexity index is 1440. The van der Waals surface area contributed by atoms with Gasteiger partial charge in [0.05, 0.1) is 24.8 Å². The fraction of sp³-hybridized carbons (Fsp3) is 0.130. The minimum absolute atomic E-state index is 0.00265. The number of carbonyl (C=O) groups is 2. The predicted octanol–water partition coefficient (Wildman–Crippen LogP) is 4.16. The highest BCUT2D eigenvalue weighted by atomic mass is 32.1. The number of amides is 1. The van der Waals surface area contributed by atoms with Gasteiger partial charge in [0.25, 0.3) is 11.5 Å². The van der Waals surface area contributed by atoms with Crippen molar-refractivity contribution in [3.05, 3.63) is 81.1 Å². The first kappa shape index (κ1) is 23.1. The molecule has 0 aliphatic rings. The molecular formula is C23H17F2N3O5S. The van der Waals surface area contributed by atoms with Crippen LogP contribution in [0.5, 0.6) is 5.75 Å². The zero-order chi connectivity index (χ0) is 24.4. The molecule has 4 rings (SSSR count). The van der Waals surface area contributed by atoms with Crippen LogP contribution in [0.1, 0.15) is 27.8 Å². The number of nitrogens with zero attached hydrogens (tertiary/aromatic N) is 2. The zero-order valence-corrected chi connectivity index (χ0v) is 18.7. The Morgan fingerprint density at radius 3 is 2.41 bits per heavy atom. The summed E-state index contributed by atoms with van der Waals surface area (Å²) in [6.45, 7) is 1.70. The number of methoxy groups -OCH3 is 1. The fourth-order valence-corrected chi connectivity index (χ4v) is 4.20. The highest BCUT2D eigenvalue weighted by molar-refractivity contribution is 7.16. The largest absolute Gasteiger partial charge is 0.497 e. The van der Waals surface area contributed by atoms with Gasteiger partial charge >= 0.3 is 5.97 Å². The molecule has 0 radical (unpaired) electrons. The number of fused-ring (bicyclic) bond motifs is 1. The van der Waals surface area contributed by atoms with Crippen molar-refractivity contribution < 1.29 is 27.8 Å². The number of aromatic nitrogens is 2. The van der Waals surface area contributed by atoms with Crippen molar-refractivity contribution in [3.8, 4) is 11.4 Å². The number of hydrogen-bond donors (Lipinski definition) is 1. The zero-order valence-electron chi connectivity index (χ0n) is 17.9. The second kappa shape index (κ2) is 9.40. The van der Waals surface area contributed by atoms with Crippen molar-refractivity contribution in [2.75, 3.05) is 19.0 Å². The van der Waals surface area contributed by atoms with E-state index in [-0.39, 0.29) is 28.1 Å². The molecule has 2 aromatic heterocycles. The Morgan fingerprint density at radius 2 is 1.79 bits per heavy atom. The number of esters is 1. The molecule has 174 valence electrons. The number of ether oxygens (including phenoxy) is 2. The Kier molecular flexibility index (Phi) is 6.37. The molecule has 0 bridgehead atoms. The van der Waals surface area contributed by atoms with Gasteiger partial charge in [-0.05, 0) is 43.3 Å². The third-order valence-corrected chi connectivity index (χ3v) is 5.75. The summed E-state index contributed by atoms with van der Waals surface area (Å²) in [5, 5.41) is 8.11.